The quantitative estimate of drug-likeness (QED) is 0.626. The Labute approximate surface area is 150 Å². The number of amides is 1. The Hall–Kier alpha value is -2.24. The molecular formula is C17H16Cl2N2O3. The number of para-hydroxylation sites is 1. The van der Waals surface area contributed by atoms with E-state index in [-0.39, 0.29) is 18.2 Å². The molecule has 0 heterocycles. The Kier molecular flexibility index (Phi) is 6.46. The monoisotopic (exact) mass is 366 g/mol. The van der Waals surface area contributed by atoms with Crippen molar-refractivity contribution in [1.29, 1.82) is 0 Å². The molecule has 0 bridgehead atoms. The Morgan fingerprint density at radius 1 is 1.12 bits per heavy atom. The summed E-state index contributed by atoms with van der Waals surface area (Å²) in [5.41, 5.74) is 1.50. The smallest absolute Gasteiger partial charge is 0.273 e. The van der Waals surface area contributed by atoms with Crippen LogP contribution >= 0.6 is 23.2 Å². The largest absolute Gasteiger partial charge is 0.486 e. The lowest BCUT2D eigenvalue weighted by Gasteiger charge is -2.13. The van der Waals surface area contributed by atoms with E-state index in [0.717, 1.165) is 5.56 Å². The number of halogens is 2. The summed E-state index contributed by atoms with van der Waals surface area (Å²) >= 11 is 12.2. The van der Waals surface area contributed by atoms with Gasteiger partial charge in [0.05, 0.1) is 10.0 Å². The average Bonchev–Trinajstić information content (AvgIpc) is 2.59. The molecule has 126 valence electrons. The summed E-state index contributed by atoms with van der Waals surface area (Å²) in [5, 5.41) is 7.18. The van der Waals surface area contributed by atoms with E-state index in [9.17, 15) is 4.79 Å². The van der Waals surface area contributed by atoms with Gasteiger partial charge in [-0.25, -0.2) is 0 Å². The van der Waals surface area contributed by atoms with Gasteiger partial charge in [0, 0.05) is 12.6 Å². The normalized spacial score (nSPS) is 11.1. The molecule has 5 nitrogen and oxygen atoms in total. The second-order valence-corrected chi connectivity index (χ2v) is 5.51. The lowest BCUT2D eigenvalue weighted by atomic mass is 10.0. The van der Waals surface area contributed by atoms with Crippen LogP contribution in [0, 0.1) is 0 Å². The van der Waals surface area contributed by atoms with Crippen LogP contribution in [-0.4, -0.2) is 25.8 Å². The molecule has 0 fully saturated rings. The molecule has 0 aliphatic carbocycles. The van der Waals surface area contributed by atoms with E-state index in [1.165, 1.54) is 14.2 Å². The van der Waals surface area contributed by atoms with Crippen LogP contribution in [0.3, 0.4) is 0 Å². The maximum absolute atomic E-state index is 12.0. The minimum Gasteiger partial charge on any atom is -0.486 e. The van der Waals surface area contributed by atoms with Crippen molar-refractivity contribution in [1.82, 2.24) is 5.32 Å². The number of nitrogens with zero attached hydrogens (tertiary/aromatic N) is 1. The minimum absolute atomic E-state index is 0.157. The molecular weight excluding hydrogens is 351 g/mol. The number of hydrogen-bond donors (Lipinski definition) is 1. The molecule has 0 aliphatic rings. The highest BCUT2D eigenvalue weighted by molar-refractivity contribution is 6.45. The van der Waals surface area contributed by atoms with E-state index < -0.39 is 0 Å². The summed E-state index contributed by atoms with van der Waals surface area (Å²) in [5.74, 6) is 0.0286. The Morgan fingerprint density at radius 2 is 1.79 bits per heavy atom. The number of nitrogens with one attached hydrogen (secondary N) is 1. The number of ether oxygens (including phenoxy) is 1. The average molecular weight is 367 g/mol. The lowest BCUT2D eigenvalue weighted by Crippen LogP contribution is -2.29. The van der Waals surface area contributed by atoms with Crippen molar-refractivity contribution in [2.75, 3.05) is 14.2 Å². The maximum Gasteiger partial charge on any atom is 0.273 e. The summed E-state index contributed by atoms with van der Waals surface area (Å²) in [6, 6.07) is 12.3. The van der Waals surface area contributed by atoms with Crippen LogP contribution in [0.1, 0.15) is 11.1 Å². The summed E-state index contributed by atoms with van der Waals surface area (Å²) in [4.78, 5) is 16.8. The third-order valence-electron chi connectivity index (χ3n) is 3.19. The first kappa shape index (κ1) is 18.1. The highest BCUT2D eigenvalue weighted by Crippen LogP contribution is 2.33. The van der Waals surface area contributed by atoms with Crippen molar-refractivity contribution < 1.29 is 14.4 Å². The predicted molar refractivity (Wildman–Crippen MR) is 94.8 cm³/mol. The number of rotatable bonds is 6. The molecule has 1 N–H and O–H groups in total. The van der Waals surface area contributed by atoms with Gasteiger partial charge in [-0.3, -0.25) is 4.79 Å². The van der Waals surface area contributed by atoms with Gasteiger partial charge in [0.1, 0.15) is 13.7 Å². The Bertz CT molecular complexity index is 743. The number of benzene rings is 2. The number of hydrogen-bond acceptors (Lipinski definition) is 4. The van der Waals surface area contributed by atoms with Crippen molar-refractivity contribution in [3.05, 3.63) is 63.6 Å². The molecule has 0 saturated heterocycles. The van der Waals surface area contributed by atoms with E-state index in [1.54, 1.807) is 30.3 Å². The predicted octanol–water partition coefficient (Wildman–Crippen LogP) is 3.67. The summed E-state index contributed by atoms with van der Waals surface area (Å²) in [6.45, 7) is 0.166. The second-order valence-electron chi connectivity index (χ2n) is 4.70. The van der Waals surface area contributed by atoms with Crippen LogP contribution in [0.25, 0.3) is 0 Å². The van der Waals surface area contributed by atoms with Crippen LogP contribution in [-0.2, 0) is 16.2 Å². The first-order valence-electron chi connectivity index (χ1n) is 7.06. The van der Waals surface area contributed by atoms with Crippen LogP contribution in [0.2, 0.25) is 10.0 Å². The van der Waals surface area contributed by atoms with Crippen LogP contribution < -0.4 is 10.1 Å². The topological polar surface area (TPSA) is 59.9 Å². The van der Waals surface area contributed by atoms with E-state index in [1.807, 2.05) is 12.1 Å². The van der Waals surface area contributed by atoms with Gasteiger partial charge in [-0.15, -0.1) is 0 Å². The number of likely N-dealkylation sites (N-methyl/N-ethyl adjacent to an activating group) is 1. The maximum atomic E-state index is 12.0. The van der Waals surface area contributed by atoms with Crippen LogP contribution in [0.5, 0.6) is 5.75 Å². The van der Waals surface area contributed by atoms with Crippen LogP contribution in [0.4, 0.5) is 0 Å². The van der Waals surface area contributed by atoms with Gasteiger partial charge in [-0.2, -0.15) is 0 Å². The summed E-state index contributed by atoms with van der Waals surface area (Å²) in [7, 11) is 2.90. The summed E-state index contributed by atoms with van der Waals surface area (Å²) in [6.07, 6.45) is 0. The third kappa shape index (κ3) is 4.19. The molecule has 0 radical (unpaired) electrons. The molecule has 2 aromatic carbocycles. The van der Waals surface area contributed by atoms with Crippen molar-refractivity contribution in [2.24, 2.45) is 5.16 Å². The molecule has 0 aromatic heterocycles. The fourth-order valence-corrected chi connectivity index (χ4v) is 2.58. The molecule has 2 rings (SSSR count). The molecule has 0 spiro atoms. The fraction of sp³-hybridized carbons (Fsp3) is 0.176. The molecule has 1 amide bonds. The Morgan fingerprint density at radius 3 is 2.42 bits per heavy atom. The van der Waals surface area contributed by atoms with Crippen molar-refractivity contribution in [3.8, 4) is 5.75 Å². The van der Waals surface area contributed by atoms with Gasteiger partial charge in [-0.1, -0.05) is 58.7 Å². The fourth-order valence-electron chi connectivity index (χ4n) is 2.07. The van der Waals surface area contributed by atoms with Crippen molar-refractivity contribution in [2.45, 2.75) is 6.61 Å². The molecule has 0 atom stereocenters. The zero-order valence-corrected chi connectivity index (χ0v) is 14.7. The molecule has 2 aromatic rings. The lowest BCUT2D eigenvalue weighted by molar-refractivity contribution is -0.114. The first-order chi connectivity index (χ1) is 11.6. The first-order valence-corrected chi connectivity index (χ1v) is 7.82. The van der Waals surface area contributed by atoms with Gasteiger partial charge in [0.25, 0.3) is 5.91 Å². The van der Waals surface area contributed by atoms with Gasteiger partial charge < -0.3 is 14.9 Å². The van der Waals surface area contributed by atoms with Gasteiger partial charge in [0.15, 0.2) is 11.5 Å². The van der Waals surface area contributed by atoms with E-state index in [2.05, 4.69) is 10.5 Å². The van der Waals surface area contributed by atoms with Gasteiger partial charge in [0.2, 0.25) is 0 Å². The number of carbonyl (C=O) groups is 1. The zero-order chi connectivity index (χ0) is 17.5. The van der Waals surface area contributed by atoms with E-state index >= 15 is 0 Å². The highest BCUT2D eigenvalue weighted by Gasteiger charge is 2.18. The summed E-state index contributed by atoms with van der Waals surface area (Å²) < 4.78 is 5.74. The van der Waals surface area contributed by atoms with Crippen molar-refractivity contribution in [3.63, 3.8) is 0 Å². The Balaban J connectivity index is 2.32. The molecule has 0 saturated carbocycles. The van der Waals surface area contributed by atoms with Gasteiger partial charge in [-0.05, 0) is 17.7 Å². The number of oxime groups is 1. The number of carbonyl (C=O) groups excluding carboxylic acids is 1. The molecule has 0 unspecified atom stereocenters. The highest BCUT2D eigenvalue weighted by atomic mass is 35.5. The van der Waals surface area contributed by atoms with Gasteiger partial charge >= 0.3 is 0 Å². The molecule has 0 aliphatic heterocycles. The third-order valence-corrected chi connectivity index (χ3v) is 3.78. The molecule has 7 heteroatoms. The van der Waals surface area contributed by atoms with E-state index in [4.69, 9.17) is 32.8 Å². The standard InChI is InChI=1S/C17H16Cl2N2O3/c1-20-17(22)15(21-23-2)12-7-4-3-6-11(12)10-24-16-13(18)8-5-9-14(16)19/h3-9H,10H2,1-2H3,(H,20,22)/b21-15-. The minimum atomic E-state index is -0.361. The second kappa shape index (κ2) is 8.57. The van der Waals surface area contributed by atoms with E-state index in [0.29, 0.717) is 21.4 Å². The zero-order valence-electron chi connectivity index (χ0n) is 13.2. The SMILES string of the molecule is CNC(=O)/C(=N\OC)c1ccccc1COc1c(Cl)cccc1Cl. The van der Waals surface area contributed by atoms with Crippen LogP contribution in [0.15, 0.2) is 47.6 Å². The van der Waals surface area contributed by atoms with Crippen molar-refractivity contribution >= 4 is 34.8 Å². The molecule has 24 heavy (non-hydrogen) atoms.